The Balaban J connectivity index is 1.45. The van der Waals surface area contributed by atoms with Gasteiger partial charge in [0.15, 0.2) is 12.0 Å². The highest BCUT2D eigenvalue weighted by Gasteiger charge is 2.44. The van der Waals surface area contributed by atoms with Crippen molar-refractivity contribution in [3.8, 4) is 5.75 Å². The molecule has 28 heavy (non-hydrogen) atoms. The summed E-state index contributed by atoms with van der Waals surface area (Å²) in [5, 5.41) is 13.5. The molecule has 0 aromatic heterocycles. The van der Waals surface area contributed by atoms with Crippen LogP contribution in [0.5, 0.6) is 5.75 Å². The van der Waals surface area contributed by atoms with Gasteiger partial charge in [0.1, 0.15) is 5.75 Å². The molecule has 5 heteroatoms. The maximum absolute atomic E-state index is 10.2. The van der Waals surface area contributed by atoms with E-state index in [-0.39, 0.29) is 18.0 Å². The van der Waals surface area contributed by atoms with Crippen LogP contribution in [-0.4, -0.2) is 30.1 Å². The zero-order chi connectivity index (χ0) is 19.1. The molecule has 1 saturated heterocycles. The Bertz CT molecular complexity index is 886. The number of hydrogen-bond donors (Lipinski definition) is 2. The summed E-state index contributed by atoms with van der Waals surface area (Å²) in [6, 6.07) is 7.29. The molecule has 1 aromatic carbocycles. The predicted octanol–water partition coefficient (Wildman–Crippen LogP) is 3.99. The summed E-state index contributed by atoms with van der Waals surface area (Å²) in [5.74, 6) is 2.02. The molecule has 0 saturated carbocycles. The minimum Gasteiger partial charge on any atom is -0.508 e. The Morgan fingerprint density at radius 1 is 1.25 bits per heavy atom. The summed E-state index contributed by atoms with van der Waals surface area (Å²) >= 11 is 0. The number of nitrogens with zero attached hydrogens (tertiary/aromatic N) is 1. The number of benzene rings is 1. The maximum Gasteiger partial charge on any atom is 0.190 e. The molecule has 2 aliphatic carbocycles. The monoisotopic (exact) mass is 378 g/mol. The number of para-hydroxylation sites is 1. The average molecular weight is 378 g/mol. The standard InChI is InChI=1S/C23H26N2O3/c1-27-22-13-18(24-23(25-22)17-7-2-4-8-19(17)26)14-10-11-16-15-6-3-5-9-20(15)28-21(16)12-14/h2-4,6-8,12-13,15-16,20-21,23,25-26H,5,9-11H2,1H3. The molecule has 0 spiro atoms. The van der Waals surface area contributed by atoms with E-state index < -0.39 is 0 Å². The fourth-order valence-electron chi connectivity index (χ4n) is 4.93. The lowest BCUT2D eigenvalue weighted by Gasteiger charge is -2.29. The van der Waals surface area contributed by atoms with Crippen LogP contribution in [-0.2, 0) is 9.47 Å². The third kappa shape index (κ3) is 3.04. The summed E-state index contributed by atoms with van der Waals surface area (Å²) in [6.45, 7) is 0. The van der Waals surface area contributed by atoms with Crippen LogP contribution in [0, 0.1) is 11.8 Å². The number of ether oxygens (including phenoxy) is 2. The third-order valence-corrected chi connectivity index (χ3v) is 6.36. The molecule has 5 nitrogen and oxygen atoms in total. The first-order chi connectivity index (χ1) is 13.7. The molecule has 5 atom stereocenters. The number of phenolic OH excluding ortho intramolecular Hbond substituents is 1. The second-order valence-electron chi connectivity index (χ2n) is 7.95. The van der Waals surface area contributed by atoms with E-state index in [2.05, 4.69) is 23.5 Å². The first-order valence-electron chi connectivity index (χ1n) is 10.1. The topological polar surface area (TPSA) is 63.1 Å². The van der Waals surface area contributed by atoms with Crippen LogP contribution in [0.2, 0.25) is 0 Å². The average Bonchev–Trinajstić information content (AvgIpc) is 3.11. The lowest BCUT2D eigenvalue weighted by molar-refractivity contribution is 0.0492. The van der Waals surface area contributed by atoms with E-state index in [4.69, 9.17) is 14.5 Å². The maximum atomic E-state index is 10.2. The number of allylic oxidation sites excluding steroid dienone is 3. The predicted molar refractivity (Wildman–Crippen MR) is 108 cm³/mol. The third-order valence-electron chi connectivity index (χ3n) is 6.36. The van der Waals surface area contributed by atoms with Crippen LogP contribution < -0.4 is 5.32 Å². The summed E-state index contributed by atoms with van der Waals surface area (Å²) in [6.07, 6.45) is 13.4. The number of nitrogens with one attached hydrogen (secondary N) is 1. The highest BCUT2D eigenvalue weighted by molar-refractivity contribution is 6.09. The molecule has 2 heterocycles. The first kappa shape index (κ1) is 17.6. The van der Waals surface area contributed by atoms with E-state index in [0.717, 1.165) is 37.0 Å². The number of aliphatic imine (C=N–C) groups is 1. The number of fused-ring (bicyclic) bond motifs is 3. The highest BCUT2D eigenvalue weighted by atomic mass is 16.5. The number of rotatable bonds is 3. The molecule has 1 fully saturated rings. The van der Waals surface area contributed by atoms with Gasteiger partial charge in [0.25, 0.3) is 0 Å². The zero-order valence-electron chi connectivity index (χ0n) is 16.0. The van der Waals surface area contributed by atoms with Gasteiger partial charge in [0.2, 0.25) is 0 Å². The molecule has 0 bridgehead atoms. The lowest BCUT2D eigenvalue weighted by Crippen LogP contribution is -2.29. The fraction of sp³-hybridized carbons (Fsp3) is 0.435. The Labute approximate surface area is 165 Å². The molecule has 2 aliphatic heterocycles. The number of hydrogen-bond acceptors (Lipinski definition) is 5. The Morgan fingerprint density at radius 2 is 2.14 bits per heavy atom. The van der Waals surface area contributed by atoms with Crippen molar-refractivity contribution < 1.29 is 14.6 Å². The van der Waals surface area contributed by atoms with Crippen LogP contribution in [0.3, 0.4) is 0 Å². The van der Waals surface area contributed by atoms with E-state index in [1.54, 1.807) is 13.2 Å². The van der Waals surface area contributed by atoms with Crippen molar-refractivity contribution in [1.82, 2.24) is 5.32 Å². The lowest BCUT2D eigenvalue weighted by atomic mass is 9.76. The Kier molecular flexibility index (Phi) is 4.47. The number of methoxy groups -OCH3 is 1. The van der Waals surface area contributed by atoms with E-state index >= 15 is 0 Å². The minimum absolute atomic E-state index is 0.169. The molecule has 1 aromatic rings. The van der Waals surface area contributed by atoms with Crippen LogP contribution in [0.25, 0.3) is 0 Å². The summed E-state index contributed by atoms with van der Waals surface area (Å²) < 4.78 is 11.9. The molecule has 146 valence electrons. The second kappa shape index (κ2) is 7.13. The molecule has 5 unspecified atom stereocenters. The normalized spacial score (nSPS) is 33.8. The molecule has 4 aliphatic rings. The van der Waals surface area contributed by atoms with Gasteiger partial charge in [-0.2, -0.15) is 0 Å². The SMILES string of the molecule is COC1=CC(C2=CC3OC4CCC=CC4C3CC2)=NC(c2ccccc2O)N1. The highest BCUT2D eigenvalue weighted by Crippen LogP contribution is 2.45. The largest absolute Gasteiger partial charge is 0.508 e. The van der Waals surface area contributed by atoms with Crippen molar-refractivity contribution in [1.29, 1.82) is 0 Å². The number of phenols is 1. The summed E-state index contributed by atoms with van der Waals surface area (Å²) in [7, 11) is 1.64. The molecule has 2 N–H and O–H groups in total. The molecule has 5 rings (SSSR count). The smallest absolute Gasteiger partial charge is 0.190 e. The molecule has 0 radical (unpaired) electrons. The second-order valence-corrected chi connectivity index (χ2v) is 7.95. The molecular formula is C23H26N2O3. The van der Waals surface area contributed by atoms with Crippen LogP contribution in [0.15, 0.2) is 65.0 Å². The summed E-state index contributed by atoms with van der Waals surface area (Å²) in [4.78, 5) is 4.89. The van der Waals surface area contributed by atoms with Gasteiger partial charge < -0.3 is 19.9 Å². The van der Waals surface area contributed by atoms with E-state index in [0.29, 0.717) is 23.8 Å². The van der Waals surface area contributed by atoms with Gasteiger partial charge >= 0.3 is 0 Å². The van der Waals surface area contributed by atoms with Crippen molar-refractivity contribution in [2.75, 3.05) is 7.11 Å². The molecule has 0 amide bonds. The molecular weight excluding hydrogens is 352 g/mol. The van der Waals surface area contributed by atoms with Crippen molar-refractivity contribution in [2.24, 2.45) is 16.8 Å². The van der Waals surface area contributed by atoms with E-state index in [9.17, 15) is 5.11 Å². The van der Waals surface area contributed by atoms with Gasteiger partial charge in [-0.25, -0.2) is 0 Å². The minimum atomic E-state index is -0.371. The first-order valence-corrected chi connectivity index (χ1v) is 10.1. The van der Waals surface area contributed by atoms with E-state index in [1.807, 2.05) is 24.3 Å². The summed E-state index contributed by atoms with van der Waals surface area (Å²) in [5.41, 5.74) is 2.86. The van der Waals surface area contributed by atoms with Crippen molar-refractivity contribution in [3.05, 3.63) is 65.6 Å². The van der Waals surface area contributed by atoms with Gasteiger partial charge in [0, 0.05) is 17.6 Å². The van der Waals surface area contributed by atoms with Crippen molar-refractivity contribution in [2.45, 2.75) is 44.1 Å². The van der Waals surface area contributed by atoms with Crippen LogP contribution in [0.1, 0.15) is 37.4 Å². The van der Waals surface area contributed by atoms with E-state index in [1.165, 1.54) is 5.57 Å². The zero-order valence-corrected chi connectivity index (χ0v) is 16.0. The number of aromatic hydroxyl groups is 1. The van der Waals surface area contributed by atoms with Crippen LogP contribution in [0.4, 0.5) is 0 Å². The van der Waals surface area contributed by atoms with Gasteiger partial charge in [-0.1, -0.05) is 36.4 Å². The quantitative estimate of drug-likeness (QED) is 0.781. The van der Waals surface area contributed by atoms with Crippen molar-refractivity contribution >= 4 is 5.71 Å². The van der Waals surface area contributed by atoms with Gasteiger partial charge in [0.05, 0.1) is 25.0 Å². The Hall–Kier alpha value is -2.53. The van der Waals surface area contributed by atoms with Crippen molar-refractivity contribution in [3.63, 3.8) is 0 Å². The Morgan fingerprint density at radius 3 is 3.00 bits per heavy atom. The van der Waals surface area contributed by atoms with Crippen LogP contribution >= 0.6 is 0 Å². The van der Waals surface area contributed by atoms with Gasteiger partial charge in [-0.05, 0) is 43.2 Å². The fourth-order valence-corrected chi connectivity index (χ4v) is 4.93. The van der Waals surface area contributed by atoms with Gasteiger partial charge in [-0.15, -0.1) is 0 Å². The van der Waals surface area contributed by atoms with Gasteiger partial charge in [-0.3, -0.25) is 4.99 Å².